The third-order valence-electron chi connectivity index (χ3n) is 2.14. The second-order valence-corrected chi connectivity index (χ2v) is 3.39. The Hall–Kier alpha value is -2.36. The summed E-state index contributed by atoms with van der Waals surface area (Å²) in [5.41, 5.74) is 0.272. The molecule has 0 aliphatic carbocycles. The van der Waals surface area contributed by atoms with Gasteiger partial charge in [-0.05, 0) is 18.1 Å². The number of allylic oxidation sites excluding steroid dienone is 2. The second-order valence-electron chi connectivity index (χ2n) is 3.39. The molecular formula is C13H11O4-. The number of carbonyl (C=O) groups excluding carboxylic acids is 1. The van der Waals surface area contributed by atoms with Crippen molar-refractivity contribution < 1.29 is 19.8 Å². The fourth-order valence-corrected chi connectivity index (χ4v) is 1.29. The Morgan fingerprint density at radius 1 is 1.24 bits per heavy atom. The van der Waals surface area contributed by atoms with Crippen LogP contribution in [0.3, 0.4) is 0 Å². The smallest absolute Gasteiger partial charge is 0.337 e. The van der Waals surface area contributed by atoms with E-state index in [0.717, 1.165) is 5.56 Å². The van der Waals surface area contributed by atoms with Crippen molar-refractivity contribution in [1.82, 2.24) is 0 Å². The molecule has 4 nitrogen and oxygen atoms in total. The lowest BCUT2D eigenvalue weighted by Crippen LogP contribution is -2.29. The topological polar surface area (TPSA) is 77.4 Å². The molecule has 0 aliphatic rings. The highest BCUT2D eigenvalue weighted by Crippen LogP contribution is 2.09. The first-order valence-electron chi connectivity index (χ1n) is 4.91. The van der Waals surface area contributed by atoms with Crippen LogP contribution in [0, 0.1) is 0 Å². The van der Waals surface area contributed by atoms with E-state index in [1.54, 1.807) is 6.08 Å². The molecule has 0 atom stereocenters. The van der Waals surface area contributed by atoms with Gasteiger partial charge in [-0.2, -0.15) is 0 Å². The molecule has 4 heteroatoms. The zero-order valence-corrected chi connectivity index (χ0v) is 9.21. The van der Waals surface area contributed by atoms with Crippen molar-refractivity contribution in [3.05, 3.63) is 53.1 Å². The maximum atomic E-state index is 10.7. The highest BCUT2D eigenvalue weighted by atomic mass is 16.4. The van der Waals surface area contributed by atoms with Gasteiger partial charge in [-0.3, -0.25) is 0 Å². The number of benzene rings is 1. The lowest BCUT2D eigenvalue weighted by Gasteiger charge is -2.05. The normalized spacial score (nSPS) is 12.3. The molecule has 0 bridgehead atoms. The number of carbonyl (C=O) groups is 2. The van der Waals surface area contributed by atoms with Gasteiger partial charge in [-0.15, -0.1) is 0 Å². The van der Waals surface area contributed by atoms with Crippen molar-refractivity contribution in [2.75, 3.05) is 0 Å². The predicted molar refractivity (Wildman–Crippen MR) is 60.8 cm³/mol. The molecule has 1 aromatic carbocycles. The molecule has 17 heavy (non-hydrogen) atoms. The number of hydrogen-bond donors (Lipinski definition) is 1. The van der Waals surface area contributed by atoms with Crippen molar-refractivity contribution in [1.29, 1.82) is 0 Å². The summed E-state index contributed by atoms with van der Waals surface area (Å²) in [6, 6.07) is 9.15. The van der Waals surface area contributed by atoms with Gasteiger partial charge >= 0.3 is 5.97 Å². The van der Waals surface area contributed by atoms with Crippen LogP contribution in [0.2, 0.25) is 0 Å². The first-order chi connectivity index (χ1) is 8.02. The van der Waals surface area contributed by atoms with Crippen molar-refractivity contribution >= 4 is 18.0 Å². The van der Waals surface area contributed by atoms with Crippen molar-refractivity contribution in [2.45, 2.75) is 6.92 Å². The van der Waals surface area contributed by atoms with E-state index < -0.39 is 17.5 Å². The molecule has 0 fully saturated rings. The van der Waals surface area contributed by atoms with E-state index >= 15 is 0 Å². The van der Waals surface area contributed by atoms with Crippen LogP contribution in [0.4, 0.5) is 0 Å². The van der Waals surface area contributed by atoms with E-state index in [9.17, 15) is 14.7 Å². The summed E-state index contributed by atoms with van der Waals surface area (Å²) in [6.07, 6.45) is 3.08. The van der Waals surface area contributed by atoms with Gasteiger partial charge in [-0.25, -0.2) is 4.79 Å². The Bertz CT molecular complexity index is 467. The summed E-state index contributed by atoms with van der Waals surface area (Å²) >= 11 is 0. The quantitative estimate of drug-likeness (QED) is 0.360. The average molecular weight is 231 g/mol. The summed E-state index contributed by atoms with van der Waals surface area (Å²) in [7, 11) is 0. The highest BCUT2D eigenvalue weighted by molar-refractivity contribution is 6.12. The number of rotatable bonds is 4. The molecule has 0 spiro atoms. The fourth-order valence-electron chi connectivity index (χ4n) is 1.29. The Labute approximate surface area is 98.5 Å². The summed E-state index contributed by atoms with van der Waals surface area (Å²) in [5, 5.41) is 19.3. The number of hydrogen-bond acceptors (Lipinski definition) is 3. The molecule has 0 saturated carbocycles. The first-order valence-corrected chi connectivity index (χ1v) is 4.91. The van der Waals surface area contributed by atoms with E-state index in [0.29, 0.717) is 0 Å². The largest absolute Gasteiger partial charge is 0.545 e. The Morgan fingerprint density at radius 3 is 2.29 bits per heavy atom. The number of carboxylic acid groups (broad SMARTS) is 2. The van der Waals surface area contributed by atoms with Gasteiger partial charge in [0.25, 0.3) is 0 Å². The predicted octanol–water partition coefficient (Wildman–Crippen LogP) is 0.851. The molecule has 1 N–H and O–H groups in total. The monoisotopic (exact) mass is 231 g/mol. The Morgan fingerprint density at radius 2 is 1.82 bits per heavy atom. The summed E-state index contributed by atoms with van der Waals surface area (Å²) < 4.78 is 0. The van der Waals surface area contributed by atoms with Crippen LogP contribution < -0.4 is 5.11 Å². The third kappa shape index (κ3) is 3.61. The van der Waals surface area contributed by atoms with Gasteiger partial charge in [0.05, 0.1) is 11.5 Å². The second kappa shape index (κ2) is 5.65. The van der Waals surface area contributed by atoms with Crippen molar-refractivity contribution in [3.63, 3.8) is 0 Å². The molecule has 1 aromatic rings. The minimum absolute atomic E-state index is 0.140. The molecule has 88 valence electrons. The third-order valence-corrected chi connectivity index (χ3v) is 2.14. The van der Waals surface area contributed by atoms with E-state index in [-0.39, 0.29) is 5.57 Å². The van der Waals surface area contributed by atoms with E-state index in [4.69, 9.17) is 5.11 Å². The van der Waals surface area contributed by atoms with Crippen LogP contribution in [0.1, 0.15) is 12.5 Å². The van der Waals surface area contributed by atoms with E-state index in [1.807, 2.05) is 30.3 Å². The van der Waals surface area contributed by atoms with Crippen molar-refractivity contribution in [2.24, 2.45) is 0 Å². The maximum absolute atomic E-state index is 10.7. The van der Waals surface area contributed by atoms with Crippen LogP contribution in [-0.2, 0) is 9.59 Å². The Balaban J connectivity index is 3.01. The van der Waals surface area contributed by atoms with Gasteiger partial charge in [0.15, 0.2) is 0 Å². The number of carboxylic acids is 2. The lowest BCUT2D eigenvalue weighted by atomic mass is 10.1. The summed E-state index contributed by atoms with van der Waals surface area (Å²) in [4.78, 5) is 21.3. The number of aliphatic carboxylic acids is 2. The molecule has 0 radical (unpaired) electrons. The average Bonchev–Trinajstić information content (AvgIpc) is 2.27. The van der Waals surface area contributed by atoms with Gasteiger partial charge in [0, 0.05) is 0 Å². The van der Waals surface area contributed by atoms with Crippen LogP contribution in [0.5, 0.6) is 0 Å². The minimum atomic E-state index is -1.69. The first kappa shape index (κ1) is 12.7. The highest BCUT2D eigenvalue weighted by Gasteiger charge is 2.10. The fraction of sp³-hybridized carbons (Fsp3) is 0.0769. The molecule has 0 aliphatic heterocycles. The van der Waals surface area contributed by atoms with Crippen LogP contribution in [0.25, 0.3) is 6.08 Å². The summed E-state index contributed by atoms with van der Waals surface area (Å²) in [6.45, 7) is 1.42. The molecule has 0 saturated heterocycles. The van der Waals surface area contributed by atoms with Gasteiger partial charge < -0.3 is 15.0 Å². The minimum Gasteiger partial charge on any atom is -0.545 e. The molecule has 1 rings (SSSR count). The Kier molecular flexibility index (Phi) is 4.22. The van der Waals surface area contributed by atoms with E-state index in [1.165, 1.54) is 13.0 Å². The van der Waals surface area contributed by atoms with Crippen molar-refractivity contribution in [3.8, 4) is 0 Å². The van der Waals surface area contributed by atoms with Gasteiger partial charge in [-0.1, -0.05) is 42.5 Å². The van der Waals surface area contributed by atoms with E-state index in [2.05, 4.69) is 0 Å². The molecule has 0 aromatic heterocycles. The SMILES string of the molecule is CC(/C=C/c1ccccc1)=C(/C(=O)[O-])C(=O)O. The van der Waals surface area contributed by atoms with Crippen LogP contribution >= 0.6 is 0 Å². The zero-order chi connectivity index (χ0) is 12.8. The molecule has 0 heterocycles. The van der Waals surface area contributed by atoms with Crippen LogP contribution in [0.15, 0.2) is 47.6 Å². The standard InChI is InChI=1S/C13H12O4/c1-9(11(12(14)15)13(16)17)7-8-10-5-3-2-4-6-10/h2-8H,1H3,(H,14,15)(H,16,17)/p-1/b8-7+. The molecule has 0 unspecified atom stereocenters. The molecular weight excluding hydrogens is 220 g/mol. The lowest BCUT2D eigenvalue weighted by molar-refractivity contribution is -0.299. The summed E-state index contributed by atoms with van der Waals surface area (Å²) in [5.74, 6) is -3.19. The van der Waals surface area contributed by atoms with Gasteiger partial charge in [0.1, 0.15) is 0 Å². The van der Waals surface area contributed by atoms with Gasteiger partial charge in [0.2, 0.25) is 0 Å². The van der Waals surface area contributed by atoms with Crippen LogP contribution in [-0.4, -0.2) is 17.0 Å². The molecule has 0 amide bonds. The zero-order valence-electron chi connectivity index (χ0n) is 9.21. The maximum Gasteiger partial charge on any atom is 0.337 e.